The summed E-state index contributed by atoms with van der Waals surface area (Å²) >= 11 is 0. The fourth-order valence-electron chi connectivity index (χ4n) is 2.08. The van der Waals surface area contributed by atoms with Crippen LogP contribution in [-0.2, 0) is 24.5 Å². The van der Waals surface area contributed by atoms with Crippen LogP contribution in [-0.4, -0.2) is 31.8 Å². The summed E-state index contributed by atoms with van der Waals surface area (Å²) in [5.74, 6) is -2.38. The minimum atomic E-state index is -1.42. The van der Waals surface area contributed by atoms with Crippen molar-refractivity contribution in [2.24, 2.45) is 0 Å². The molecule has 0 N–H and O–H groups in total. The molecule has 5 nitrogen and oxygen atoms in total. The molecule has 0 bridgehead atoms. The number of ether oxygens (including phenoxy) is 2. The average molecular weight is 277 g/mol. The van der Waals surface area contributed by atoms with E-state index in [9.17, 15) is 9.59 Å². The fourth-order valence-corrected chi connectivity index (χ4v) is 2.08. The van der Waals surface area contributed by atoms with E-state index in [0.717, 1.165) is 5.69 Å². The zero-order valence-electron chi connectivity index (χ0n) is 12.4. The number of esters is 2. The van der Waals surface area contributed by atoms with Gasteiger partial charge in [0, 0.05) is 33.6 Å². The van der Waals surface area contributed by atoms with Gasteiger partial charge in [-0.1, -0.05) is 12.1 Å². The minimum absolute atomic E-state index is 0.564. The van der Waals surface area contributed by atoms with E-state index in [0.29, 0.717) is 5.56 Å². The van der Waals surface area contributed by atoms with Gasteiger partial charge in [-0.2, -0.15) is 0 Å². The fraction of sp³-hybridized carbons (Fsp3) is 0.467. The highest BCUT2D eigenvalue weighted by Gasteiger charge is 2.54. The lowest BCUT2D eigenvalue weighted by Crippen LogP contribution is -2.55. The Hall–Kier alpha value is -2.04. The smallest absolute Gasteiger partial charge is 0.331 e. The van der Waals surface area contributed by atoms with Gasteiger partial charge >= 0.3 is 11.9 Å². The molecule has 1 aliphatic heterocycles. The zero-order valence-corrected chi connectivity index (χ0v) is 12.4. The maximum Gasteiger partial charge on any atom is 0.331 e. The van der Waals surface area contributed by atoms with Crippen molar-refractivity contribution in [1.82, 2.24) is 0 Å². The number of nitrogens with zero attached hydrogens (tertiary/aromatic N) is 1. The largest absolute Gasteiger partial charge is 0.422 e. The number of carbonyl (C=O) groups is 2. The molecule has 0 aliphatic carbocycles. The molecular weight excluding hydrogens is 258 g/mol. The second-order valence-corrected chi connectivity index (χ2v) is 5.75. The third-order valence-corrected chi connectivity index (χ3v) is 3.45. The van der Waals surface area contributed by atoms with Crippen molar-refractivity contribution in [1.29, 1.82) is 0 Å². The zero-order chi connectivity index (χ0) is 15.1. The monoisotopic (exact) mass is 277 g/mol. The van der Waals surface area contributed by atoms with Crippen LogP contribution in [0.25, 0.3) is 0 Å². The molecule has 20 heavy (non-hydrogen) atoms. The molecule has 0 unspecified atom stereocenters. The first kappa shape index (κ1) is 14.4. The van der Waals surface area contributed by atoms with E-state index in [4.69, 9.17) is 9.47 Å². The number of hydrogen-bond donors (Lipinski definition) is 0. The number of cyclic esters (lactones) is 2. The molecule has 0 spiro atoms. The lowest BCUT2D eigenvalue weighted by Gasteiger charge is -2.38. The summed E-state index contributed by atoms with van der Waals surface area (Å²) in [6.07, 6.45) is 0. The summed E-state index contributed by atoms with van der Waals surface area (Å²) in [4.78, 5) is 26.4. The molecule has 1 aromatic rings. The van der Waals surface area contributed by atoms with Crippen molar-refractivity contribution in [3.8, 4) is 0 Å². The molecule has 0 aromatic heterocycles. The van der Waals surface area contributed by atoms with Crippen molar-refractivity contribution >= 4 is 17.6 Å². The van der Waals surface area contributed by atoms with E-state index in [1.807, 2.05) is 31.1 Å². The molecule has 0 atom stereocenters. The molecule has 2 rings (SSSR count). The quantitative estimate of drug-likeness (QED) is 0.610. The normalized spacial score (nSPS) is 20.1. The van der Waals surface area contributed by atoms with Crippen LogP contribution in [0.5, 0.6) is 0 Å². The number of rotatable bonds is 2. The second-order valence-electron chi connectivity index (χ2n) is 5.75. The van der Waals surface area contributed by atoms with Gasteiger partial charge in [0.1, 0.15) is 0 Å². The first-order valence-corrected chi connectivity index (χ1v) is 6.41. The standard InChI is InChI=1S/C15H19NO4/c1-14(2)19-12(17)15(3,13(18)20-14)10-6-8-11(9-7-10)16(4)5/h6-9H,1-5H3. The molecule has 1 heterocycles. The van der Waals surface area contributed by atoms with Crippen LogP contribution in [0.15, 0.2) is 24.3 Å². The molecule has 0 saturated carbocycles. The topological polar surface area (TPSA) is 55.8 Å². The van der Waals surface area contributed by atoms with Gasteiger partial charge in [-0.05, 0) is 24.6 Å². The highest BCUT2D eigenvalue weighted by atomic mass is 16.7. The molecule has 1 aliphatic rings. The summed E-state index contributed by atoms with van der Waals surface area (Å²) in [6.45, 7) is 4.60. The Bertz CT molecular complexity index is 525. The van der Waals surface area contributed by atoms with Crippen LogP contribution in [0.2, 0.25) is 0 Å². The van der Waals surface area contributed by atoms with Gasteiger partial charge in [-0.25, -0.2) is 0 Å². The van der Waals surface area contributed by atoms with E-state index in [1.54, 1.807) is 12.1 Å². The highest BCUT2D eigenvalue weighted by molar-refractivity contribution is 6.07. The Morgan fingerprint density at radius 1 is 0.900 bits per heavy atom. The summed E-state index contributed by atoms with van der Waals surface area (Å²) in [7, 11) is 3.84. The maximum atomic E-state index is 12.2. The van der Waals surface area contributed by atoms with E-state index < -0.39 is 23.1 Å². The highest BCUT2D eigenvalue weighted by Crippen LogP contribution is 2.35. The van der Waals surface area contributed by atoms with Gasteiger partial charge < -0.3 is 14.4 Å². The van der Waals surface area contributed by atoms with E-state index in [2.05, 4.69) is 0 Å². The van der Waals surface area contributed by atoms with Crippen molar-refractivity contribution in [2.75, 3.05) is 19.0 Å². The summed E-state index contributed by atoms with van der Waals surface area (Å²) in [5, 5.41) is 0. The van der Waals surface area contributed by atoms with Gasteiger partial charge in [0.2, 0.25) is 0 Å². The van der Waals surface area contributed by atoms with Crippen molar-refractivity contribution in [2.45, 2.75) is 32.0 Å². The van der Waals surface area contributed by atoms with Gasteiger partial charge in [-0.3, -0.25) is 9.59 Å². The number of hydrogen-bond acceptors (Lipinski definition) is 5. The molecule has 0 amide bonds. The van der Waals surface area contributed by atoms with Crippen LogP contribution in [0.1, 0.15) is 26.3 Å². The number of benzene rings is 1. The Morgan fingerprint density at radius 3 is 1.75 bits per heavy atom. The van der Waals surface area contributed by atoms with Crippen molar-refractivity contribution in [3.05, 3.63) is 29.8 Å². The van der Waals surface area contributed by atoms with Crippen molar-refractivity contribution < 1.29 is 19.1 Å². The lowest BCUT2D eigenvalue weighted by atomic mass is 9.81. The summed E-state index contributed by atoms with van der Waals surface area (Å²) in [5.41, 5.74) is 0.129. The first-order valence-electron chi connectivity index (χ1n) is 6.41. The van der Waals surface area contributed by atoms with Gasteiger partial charge in [0.05, 0.1) is 0 Å². The molecular formula is C15H19NO4. The molecule has 1 fully saturated rings. The molecule has 0 radical (unpaired) electrons. The van der Waals surface area contributed by atoms with Gasteiger partial charge in [0.15, 0.2) is 5.41 Å². The Morgan fingerprint density at radius 2 is 1.35 bits per heavy atom. The van der Waals surface area contributed by atoms with Crippen LogP contribution >= 0.6 is 0 Å². The van der Waals surface area contributed by atoms with Crippen LogP contribution in [0.4, 0.5) is 5.69 Å². The predicted octanol–water partition coefficient (Wildman–Crippen LogP) is 1.85. The van der Waals surface area contributed by atoms with Crippen LogP contribution < -0.4 is 4.90 Å². The van der Waals surface area contributed by atoms with Crippen LogP contribution in [0.3, 0.4) is 0 Å². The Balaban J connectivity index is 2.39. The molecule has 1 saturated heterocycles. The SMILES string of the molecule is CN(C)c1ccc(C2(C)C(=O)OC(C)(C)OC2=O)cc1. The van der Waals surface area contributed by atoms with Gasteiger partial charge in [0.25, 0.3) is 5.79 Å². The molecule has 5 heteroatoms. The van der Waals surface area contributed by atoms with Crippen molar-refractivity contribution in [3.63, 3.8) is 0 Å². The Kier molecular flexibility index (Phi) is 3.24. The minimum Gasteiger partial charge on any atom is -0.422 e. The van der Waals surface area contributed by atoms with E-state index in [-0.39, 0.29) is 0 Å². The molecule has 1 aromatic carbocycles. The predicted molar refractivity (Wildman–Crippen MR) is 74.4 cm³/mol. The van der Waals surface area contributed by atoms with Gasteiger partial charge in [-0.15, -0.1) is 0 Å². The number of carbonyl (C=O) groups excluding carboxylic acids is 2. The Labute approximate surface area is 118 Å². The second kappa shape index (κ2) is 4.51. The number of anilines is 1. The third-order valence-electron chi connectivity index (χ3n) is 3.45. The maximum absolute atomic E-state index is 12.2. The first-order chi connectivity index (χ1) is 9.17. The van der Waals surface area contributed by atoms with Crippen LogP contribution in [0, 0.1) is 0 Å². The average Bonchev–Trinajstić information content (AvgIpc) is 2.35. The third kappa shape index (κ3) is 2.24. The summed E-state index contributed by atoms with van der Waals surface area (Å²) < 4.78 is 10.4. The molecule has 108 valence electrons. The van der Waals surface area contributed by atoms with E-state index >= 15 is 0 Å². The lowest BCUT2D eigenvalue weighted by molar-refractivity contribution is -0.242. The summed E-state index contributed by atoms with van der Waals surface area (Å²) in [6, 6.07) is 7.19. The van der Waals surface area contributed by atoms with E-state index in [1.165, 1.54) is 20.8 Å².